The first-order valence-electron chi connectivity index (χ1n) is 4.66. The minimum Gasteiger partial charge on any atom is -0.373 e. The quantitative estimate of drug-likeness (QED) is 0.621. The number of anilines is 1. The Morgan fingerprint density at radius 2 is 2.33 bits per heavy atom. The number of hydrogen-bond acceptors (Lipinski definition) is 3. The number of nitrogens with zero attached hydrogens (tertiary/aromatic N) is 1. The molecule has 1 N–H and O–H groups in total. The Balaban J connectivity index is 3.01. The van der Waals surface area contributed by atoms with Crippen molar-refractivity contribution >= 4 is 17.4 Å². The summed E-state index contributed by atoms with van der Waals surface area (Å²) in [6.45, 7) is 2.50. The first kappa shape index (κ1) is 11.5. The first-order valence-corrected chi connectivity index (χ1v) is 5.65. The van der Waals surface area contributed by atoms with Crippen LogP contribution in [0.4, 0.5) is 5.69 Å². The van der Waals surface area contributed by atoms with E-state index in [1.807, 2.05) is 18.2 Å². The van der Waals surface area contributed by atoms with Crippen LogP contribution < -0.4 is 5.32 Å². The first-order chi connectivity index (χ1) is 7.33. The number of nitriles is 1. The van der Waals surface area contributed by atoms with Gasteiger partial charge in [0.1, 0.15) is 6.07 Å². The van der Waals surface area contributed by atoms with Gasteiger partial charge in [0.05, 0.1) is 17.8 Å². The third kappa shape index (κ3) is 2.94. The summed E-state index contributed by atoms with van der Waals surface area (Å²) in [6, 6.07) is 7.96. The largest absolute Gasteiger partial charge is 0.373 e. The van der Waals surface area contributed by atoms with Gasteiger partial charge in [-0.1, -0.05) is 18.9 Å². The highest BCUT2D eigenvalue weighted by molar-refractivity contribution is 7.99. The molecule has 0 spiro atoms. The Bertz CT molecular complexity index is 413. The van der Waals surface area contributed by atoms with E-state index >= 15 is 0 Å². The SMILES string of the molecule is C#CCNc1cccc(SCC)c1C#N. The van der Waals surface area contributed by atoms with Gasteiger partial charge in [0.15, 0.2) is 0 Å². The van der Waals surface area contributed by atoms with E-state index in [0.29, 0.717) is 12.1 Å². The lowest BCUT2D eigenvalue weighted by molar-refractivity contribution is 1.30. The molecule has 0 aliphatic heterocycles. The van der Waals surface area contributed by atoms with Gasteiger partial charge in [0.2, 0.25) is 0 Å². The highest BCUT2D eigenvalue weighted by atomic mass is 32.2. The predicted octanol–water partition coefficient (Wildman–Crippen LogP) is 2.72. The van der Waals surface area contributed by atoms with Gasteiger partial charge in [-0.15, -0.1) is 18.2 Å². The summed E-state index contributed by atoms with van der Waals surface area (Å²) >= 11 is 1.66. The fraction of sp³-hybridized carbons (Fsp3) is 0.250. The summed E-state index contributed by atoms with van der Waals surface area (Å²) < 4.78 is 0. The summed E-state index contributed by atoms with van der Waals surface area (Å²) in [7, 11) is 0. The van der Waals surface area contributed by atoms with E-state index in [4.69, 9.17) is 11.7 Å². The summed E-state index contributed by atoms with van der Waals surface area (Å²) in [4.78, 5) is 1.00. The van der Waals surface area contributed by atoms with Gasteiger partial charge in [-0.3, -0.25) is 0 Å². The molecule has 1 aromatic carbocycles. The molecular weight excluding hydrogens is 204 g/mol. The van der Waals surface area contributed by atoms with E-state index in [2.05, 4.69) is 24.2 Å². The minimum absolute atomic E-state index is 0.439. The number of hydrogen-bond donors (Lipinski definition) is 1. The molecule has 0 aromatic heterocycles. The zero-order chi connectivity index (χ0) is 11.1. The Morgan fingerprint density at radius 3 is 2.93 bits per heavy atom. The molecule has 0 unspecified atom stereocenters. The lowest BCUT2D eigenvalue weighted by atomic mass is 10.2. The van der Waals surface area contributed by atoms with E-state index in [-0.39, 0.29) is 0 Å². The standard InChI is InChI=1S/C12H12N2S/c1-3-8-14-11-6-5-7-12(15-4-2)10(11)9-13/h1,5-7,14H,4,8H2,2H3. The maximum atomic E-state index is 9.07. The molecule has 0 heterocycles. The summed E-state index contributed by atoms with van der Waals surface area (Å²) in [6.07, 6.45) is 5.16. The normalized spacial score (nSPS) is 9.00. The van der Waals surface area contributed by atoms with Crippen molar-refractivity contribution in [2.24, 2.45) is 0 Å². The molecule has 1 rings (SSSR count). The lowest BCUT2D eigenvalue weighted by Gasteiger charge is -2.08. The van der Waals surface area contributed by atoms with E-state index in [9.17, 15) is 0 Å². The minimum atomic E-state index is 0.439. The number of nitrogens with one attached hydrogen (secondary N) is 1. The number of terminal acetylenes is 1. The smallest absolute Gasteiger partial charge is 0.102 e. The Morgan fingerprint density at radius 1 is 1.53 bits per heavy atom. The summed E-state index contributed by atoms with van der Waals surface area (Å²) in [5.74, 6) is 3.44. The van der Waals surface area contributed by atoms with E-state index < -0.39 is 0 Å². The number of rotatable bonds is 4. The van der Waals surface area contributed by atoms with Gasteiger partial charge in [0, 0.05) is 4.90 Å². The average molecular weight is 216 g/mol. The van der Waals surface area contributed by atoms with Crippen LogP contribution in [-0.4, -0.2) is 12.3 Å². The predicted molar refractivity (Wildman–Crippen MR) is 64.9 cm³/mol. The van der Waals surface area contributed by atoms with Crippen molar-refractivity contribution < 1.29 is 0 Å². The topological polar surface area (TPSA) is 35.8 Å². The molecule has 0 atom stereocenters. The second-order valence-electron chi connectivity index (χ2n) is 2.78. The summed E-state index contributed by atoms with van der Waals surface area (Å²) in [5, 5.41) is 12.1. The van der Waals surface area contributed by atoms with Crippen LogP contribution in [0.5, 0.6) is 0 Å². The van der Waals surface area contributed by atoms with Gasteiger partial charge in [-0.2, -0.15) is 5.26 Å². The van der Waals surface area contributed by atoms with Crippen molar-refractivity contribution in [2.75, 3.05) is 17.6 Å². The van der Waals surface area contributed by atoms with Crippen molar-refractivity contribution in [3.05, 3.63) is 23.8 Å². The van der Waals surface area contributed by atoms with Crippen LogP contribution in [0, 0.1) is 23.7 Å². The molecule has 0 saturated carbocycles. The molecule has 0 aliphatic carbocycles. The Kier molecular flexibility index (Phi) is 4.60. The highest BCUT2D eigenvalue weighted by Gasteiger charge is 2.06. The van der Waals surface area contributed by atoms with Crippen LogP contribution in [-0.2, 0) is 0 Å². The van der Waals surface area contributed by atoms with Crippen molar-refractivity contribution in [3.8, 4) is 18.4 Å². The number of thioether (sulfide) groups is 1. The third-order valence-corrected chi connectivity index (χ3v) is 2.76. The van der Waals surface area contributed by atoms with Crippen molar-refractivity contribution in [2.45, 2.75) is 11.8 Å². The van der Waals surface area contributed by atoms with Crippen LogP contribution in [0.25, 0.3) is 0 Å². The van der Waals surface area contributed by atoms with Crippen molar-refractivity contribution in [1.82, 2.24) is 0 Å². The van der Waals surface area contributed by atoms with Gasteiger partial charge in [-0.25, -0.2) is 0 Å². The molecule has 0 bridgehead atoms. The maximum Gasteiger partial charge on any atom is 0.102 e. The van der Waals surface area contributed by atoms with Crippen LogP contribution in [0.3, 0.4) is 0 Å². The monoisotopic (exact) mass is 216 g/mol. The zero-order valence-corrected chi connectivity index (χ0v) is 9.40. The molecule has 0 fully saturated rings. The third-order valence-electron chi connectivity index (χ3n) is 1.82. The highest BCUT2D eigenvalue weighted by Crippen LogP contribution is 2.27. The molecule has 3 heteroatoms. The van der Waals surface area contributed by atoms with Gasteiger partial charge in [-0.05, 0) is 17.9 Å². The van der Waals surface area contributed by atoms with Crippen LogP contribution in [0.2, 0.25) is 0 Å². The lowest BCUT2D eigenvalue weighted by Crippen LogP contribution is -2.01. The van der Waals surface area contributed by atoms with E-state index in [0.717, 1.165) is 16.3 Å². The molecular formula is C12H12N2S. The van der Waals surface area contributed by atoms with E-state index in [1.165, 1.54) is 0 Å². The molecule has 0 radical (unpaired) electrons. The maximum absolute atomic E-state index is 9.07. The average Bonchev–Trinajstić information content (AvgIpc) is 2.27. The molecule has 1 aromatic rings. The van der Waals surface area contributed by atoms with Crippen LogP contribution >= 0.6 is 11.8 Å². The number of benzene rings is 1. The zero-order valence-electron chi connectivity index (χ0n) is 8.58. The molecule has 15 heavy (non-hydrogen) atoms. The Labute approximate surface area is 94.7 Å². The molecule has 0 amide bonds. The van der Waals surface area contributed by atoms with Gasteiger partial charge < -0.3 is 5.32 Å². The second kappa shape index (κ2) is 6.01. The fourth-order valence-electron chi connectivity index (χ4n) is 1.22. The van der Waals surface area contributed by atoms with Gasteiger partial charge >= 0.3 is 0 Å². The van der Waals surface area contributed by atoms with Crippen LogP contribution in [0.15, 0.2) is 23.1 Å². The van der Waals surface area contributed by atoms with Crippen molar-refractivity contribution in [1.29, 1.82) is 5.26 Å². The molecule has 76 valence electrons. The van der Waals surface area contributed by atoms with E-state index in [1.54, 1.807) is 11.8 Å². The Hall–Kier alpha value is -1.58. The molecule has 0 aliphatic rings. The molecule has 0 saturated heterocycles. The van der Waals surface area contributed by atoms with Gasteiger partial charge in [0.25, 0.3) is 0 Å². The molecule has 2 nitrogen and oxygen atoms in total. The van der Waals surface area contributed by atoms with Crippen LogP contribution in [0.1, 0.15) is 12.5 Å². The van der Waals surface area contributed by atoms with Crippen molar-refractivity contribution in [3.63, 3.8) is 0 Å². The second-order valence-corrected chi connectivity index (χ2v) is 4.09. The summed E-state index contributed by atoms with van der Waals surface area (Å²) in [5.41, 5.74) is 1.49. The fourth-order valence-corrected chi connectivity index (χ4v) is 2.00.